The van der Waals surface area contributed by atoms with E-state index in [2.05, 4.69) is 29.2 Å². The van der Waals surface area contributed by atoms with Crippen molar-refractivity contribution < 1.29 is 4.74 Å². The van der Waals surface area contributed by atoms with Crippen LogP contribution >= 0.6 is 11.8 Å². The quantitative estimate of drug-likeness (QED) is 0.829. The summed E-state index contributed by atoms with van der Waals surface area (Å²) in [5, 5.41) is 0. The van der Waals surface area contributed by atoms with E-state index >= 15 is 0 Å². The van der Waals surface area contributed by atoms with Crippen molar-refractivity contribution in [3.8, 4) is 0 Å². The highest BCUT2D eigenvalue weighted by Crippen LogP contribution is 2.20. The minimum absolute atomic E-state index is 0.123. The van der Waals surface area contributed by atoms with Crippen LogP contribution in [0.5, 0.6) is 0 Å². The fourth-order valence-corrected chi connectivity index (χ4v) is 2.90. The van der Waals surface area contributed by atoms with Crippen LogP contribution in [0.25, 0.3) is 0 Å². The Balaban J connectivity index is 1.72. The van der Waals surface area contributed by atoms with Crippen LogP contribution in [-0.4, -0.2) is 43.5 Å². The molecule has 100 valence electrons. The van der Waals surface area contributed by atoms with Gasteiger partial charge in [-0.3, -0.25) is 4.90 Å². The van der Waals surface area contributed by atoms with Crippen LogP contribution in [0, 0.1) is 0 Å². The summed E-state index contributed by atoms with van der Waals surface area (Å²) in [5.74, 6) is 1.14. The molecule has 1 aliphatic heterocycles. The molecule has 3 nitrogen and oxygen atoms in total. The Morgan fingerprint density at radius 3 is 2.56 bits per heavy atom. The fourth-order valence-electron chi connectivity index (χ4n) is 1.98. The zero-order valence-electron chi connectivity index (χ0n) is 11.0. The van der Waals surface area contributed by atoms with Gasteiger partial charge in [-0.2, -0.15) is 0 Å². The first kappa shape index (κ1) is 13.9. The molecule has 1 saturated heterocycles. The van der Waals surface area contributed by atoms with Crippen molar-refractivity contribution >= 4 is 11.8 Å². The van der Waals surface area contributed by atoms with Crippen LogP contribution in [0.3, 0.4) is 0 Å². The first-order valence-electron chi connectivity index (χ1n) is 6.54. The van der Waals surface area contributed by atoms with Gasteiger partial charge in [-0.1, -0.05) is 12.1 Å². The molecule has 0 spiro atoms. The molecule has 1 atom stereocenters. The molecule has 0 radical (unpaired) electrons. The number of hydrogen-bond donors (Lipinski definition) is 1. The summed E-state index contributed by atoms with van der Waals surface area (Å²) in [6, 6.07) is 8.71. The van der Waals surface area contributed by atoms with Gasteiger partial charge < -0.3 is 10.5 Å². The molecular weight excluding hydrogens is 244 g/mol. The molecule has 2 N–H and O–H groups in total. The molecular formula is C14H22N2OS. The smallest absolute Gasteiger partial charge is 0.0594 e. The van der Waals surface area contributed by atoms with E-state index < -0.39 is 0 Å². The van der Waals surface area contributed by atoms with E-state index in [1.54, 1.807) is 0 Å². The summed E-state index contributed by atoms with van der Waals surface area (Å²) in [5.41, 5.74) is 7.04. The maximum Gasteiger partial charge on any atom is 0.0594 e. The average Bonchev–Trinajstić information content (AvgIpc) is 2.40. The summed E-state index contributed by atoms with van der Waals surface area (Å²) in [6.07, 6.45) is 0. The first-order valence-corrected chi connectivity index (χ1v) is 7.53. The summed E-state index contributed by atoms with van der Waals surface area (Å²) < 4.78 is 5.34. The van der Waals surface area contributed by atoms with Crippen molar-refractivity contribution in [2.45, 2.75) is 17.9 Å². The SMILES string of the molecule is CC(N)c1ccc(SCCN2CCOCC2)cc1. The number of morpholine rings is 1. The van der Waals surface area contributed by atoms with Gasteiger partial charge in [-0.05, 0) is 24.6 Å². The van der Waals surface area contributed by atoms with E-state index in [-0.39, 0.29) is 6.04 Å². The van der Waals surface area contributed by atoms with Crippen LogP contribution in [0.4, 0.5) is 0 Å². The number of hydrogen-bond acceptors (Lipinski definition) is 4. The molecule has 1 aromatic carbocycles. The summed E-state index contributed by atoms with van der Waals surface area (Å²) in [6.45, 7) is 7.07. The third-order valence-corrected chi connectivity index (χ3v) is 4.18. The molecule has 0 aromatic heterocycles. The highest BCUT2D eigenvalue weighted by molar-refractivity contribution is 7.99. The second-order valence-corrected chi connectivity index (χ2v) is 5.83. The monoisotopic (exact) mass is 266 g/mol. The Morgan fingerprint density at radius 2 is 1.94 bits per heavy atom. The van der Waals surface area contributed by atoms with Crippen LogP contribution in [0.2, 0.25) is 0 Å². The highest BCUT2D eigenvalue weighted by atomic mass is 32.2. The van der Waals surface area contributed by atoms with Crippen LogP contribution in [0.1, 0.15) is 18.5 Å². The van der Waals surface area contributed by atoms with Gasteiger partial charge in [0.2, 0.25) is 0 Å². The Morgan fingerprint density at radius 1 is 1.28 bits per heavy atom. The lowest BCUT2D eigenvalue weighted by molar-refractivity contribution is 0.0410. The molecule has 1 unspecified atom stereocenters. The van der Waals surface area contributed by atoms with Gasteiger partial charge in [-0.15, -0.1) is 11.8 Å². The largest absolute Gasteiger partial charge is 0.379 e. The van der Waals surface area contributed by atoms with Gasteiger partial charge in [0, 0.05) is 36.3 Å². The lowest BCUT2D eigenvalue weighted by atomic mass is 10.1. The Bertz CT molecular complexity index is 347. The fraction of sp³-hybridized carbons (Fsp3) is 0.571. The van der Waals surface area contributed by atoms with E-state index in [1.807, 2.05) is 18.7 Å². The van der Waals surface area contributed by atoms with Crippen LogP contribution < -0.4 is 5.73 Å². The zero-order valence-corrected chi connectivity index (χ0v) is 11.8. The molecule has 2 rings (SSSR count). The number of nitrogens with zero attached hydrogens (tertiary/aromatic N) is 1. The van der Waals surface area contributed by atoms with Crippen molar-refractivity contribution in [1.82, 2.24) is 4.90 Å². The Labute approximate surface area is 114 Å². The van der Waals surface area contributed by atoms with Crippen molar-refractivity contribution in [2.75, 3.05) is 38.6 Å². The zero-order chi connectivity index (χ0) is 12.8. The Kier molecular flexibility index (Phi) is 5.50. The maximum absolute atomic E-state index is 5.84. The van der Waals surface area contributed by atoms with E-state index in [4.69, 9.17) is 10.5 Å². The first-order chi connectivity index (χ1) is 8.75. The van der Waals surface area contributed by atoms with Crippen molar-refractivity contribution in [3.05, 3.63) is 29.8 Å². The van der Waals surface area contributed by atoms with Crippen molar-refractivity contribution in [1.29, 1.82) is 0 Å². The molecule has 4 heteroatoms. The number of thioether (sulfide) groups is 1. The molecule has 1 aromatic rings. The van der Waals surface area contributed by atoms with Gasteiger partial charge in [0.15, 0.2) is 0 Å². The van der Waals surface area contributed by atoms with Gasteiger partial charge >= 0.3 is 0 Å². The van der Waals surface area contributed by atoms with Crippen molar-refractivity contribution in [2.24, 2.45) is 5.73 Å². The molecule has 0 bridgehead atoms. The molecule has 0 saturated carbocycles. The number of rotatable bonds is 5. The van der Waals surface area contributed by atoms with Gasteiger partial charge in [0.1, 0.15) is 0 Å². The number of ether oxygens (including phenoxy) is 1. The minimum Gasteiger partial charge on any atom is -0.379 e. The Hall–Kier alpha value is -0.550. The lowest BCUT2D eigenvalue weighted by Crippen LogP contribution is -2.37. The molecule has 0 amide bonds. The predicted octanol–water partition coefficient (Wildman–Crippen LogP) is 2.13. The van der Waals surface area contributed by atoms with E-state index in [9.17, 15) is 0 Å². The molecule has 1 aliphatic rings. The number of benzene rings is 1. The molecule has 1 fully saturated rings. The van der Waals surface area contributed by atoms with Gasteiger partial charge in [0.05, 0.1) is 13.2 Å². The standard InChI is InChI=1S/C14H22N2OS/c1-12(15)13-2-4-14(5-3-13)18-11-8-16-6-9-17-10-7-16/h2-5,12H,6-11,15H2,1H3. The van der Waals surface area contributed by atoms with Crippen LogP contribution in [0.15, 0.2) is 29.2 Å². The van der Waals surface area contributed by atoms with Gasteiger partial charge in [0.25, 0.3) is 0 Å². The topological polar surface area (TPSA) is 38.5 Å². The highest BCUT2D eigenvalue weighted by Gasteiger charge is 2.09. The van der Waals surface area contributed by atoms with Crippen molar-refractivity contribution in [3.63, 3.8) is 0 Å². The molecule has 18 heavy (non-hydrogen) atoms. The maximum atomic E-state index is 5.84. The normalized spacial score (nSPS) is 18.8. The minimum atomic E-state index is 0.123. The number of nitrogens with two attached hydrogens (primary N) is 1. The summed E-state index contributed by atoms with van der Waals surface area (Å²) >= 11 is 1.91. The summed E-state index contributed by atoms with van der Waals surface area (Å²) in [4.78, 5) is 3.79. The predicted molar refractivity (Wildman–Crippen MR) is 77.0 cm³/mol. The van der Waals surface area contributed by atoms with Crippen LogP contribution in [-0.2, 0) is 4.74 Å². The summed E-state index contributed by atoms with van der Waals surface area (Å²) in [7, 11) is 0. The van der Waals surface area contributed by atoms with Gasteiger partial charge in [-0.25, -0.2) is 0 Å². The van der Waals surface area contributed by atoms with E-state index in [0.29, 0.717) is 0 Å². The molecule has 0 aliphatic carbocycles. The lowest BCUT2D eigenvalue weighted by Gasteiger charge is -2.26. The second kappa shape index (κ2) is 7.14. The second-order valence-electron chi connectivity index (χ2n) is 4.66. The van der Waals surface area contributed by atoms with E-state index in [1.165, 1.54) is 10.5 Å². The van der Waals surface area contributed by atoms with E-state index in [0.717, 1.165) is 38.6 Å². The third kappa shape index (κ3) is 4.28. The molecule has 1 heterocycles. The third-order valence-electron chi connectivity index (χ3n) is 3.19. The average molecular weight is 266 g/mol.